The lowest BCUT2D eigenvalue weighted by Gasteiger charge is -2.11. The Kier molecular flexibility index (Phi) is 13.5. The molecule has 0 saturated heterocycles. The Morgan fingerprint density at radius 3 is 0.593 bits per heavy atom. The molecule has 0 rings (SSSR count). The van der Waals surface area contributed by atoms with E-state index in [1.807, 2.05) is 0 Å². The van der Waals surface area contributed by atoms with Crippen molar-refractivity contribution in [1.82, 2.24) is 0 Å². The van der Waals surface area contributed by atoms with Gasteiger partial charge in [-0.25, -0.2) is 27.4 Å². The molecule has 0 amide bonds. The van der Waals surface area contributed by atoms with Crippen LogP contribution in [0, 0.1) is 0 Å². The molecular formula is H12O21P6. The second-order valence-electron chi connectivity index (χ2n) is 3.19. The van der Waals surface area contributed by atoms with Gasteiger partial charge in [0.2, 0.25) is 0 Å². The van der Waals surface area contributed by atoms with Crippen LogP contribution in [0.15, 0.2) is 0 Å². The quantitative estimate of drug-likeness (QED) is 0.157. The summed E-state index contributed by atoms with van der Waals surface area (Å²) in [5.41, 5.74) is 0. The molecule has 0 unspecified atom stereocenters. The van der Waals surface area contributed by atoms with Crippen LogP contribution in [-0.4, -0.2) is 58.7 Å². The Hall–Kier alpha value is 0.780. The summed E-state index contributed by atoms with van der Waals surface area (Å²) < 4.78 is 67.5. The standard InChI is InChI=1S/H5O10P3.H4O7P2.H3O4P/c1-11(2,3)9-13(7,8)10-12(4,5)6;1-8(2,3)7-9(4,5)6;1-5(2,3)4/h(H,7,8)(H2,1,2,3)(H2,4,5,6);(H2,1,2,3)(H2,4,5,6);(H3,1,2,3,4). The summed E-state index contributed by atoms with van der Waals surface area (Å²) in [5.74, 6) is 0. The average molecular weight is 534 g/mol. The van der Waals surface area contributed by atoms with E-state index >= 15 is 0 Å². The molecule has 0 heterocycles. The van der Waals surface area contributed by atoms with Gasteiger partial charge in [-0.1, -0.05) is 0 Å². The second kappa shape index (κ2) is 11.2. The summed E-state index contributed by atoms with van der Waals surface area (Å²) >= 11 is 0. The van der Waals surface area contributed by atoms with Crippen LogP contribution < -0.4 is 0 Å². The van der Waals surface area contributed by atoms with Crippen molar-refractivity contribution >= 4 is 46.9 Å². The molecule has 168 valence electrons. The van der Waals surface area contributed by atoms with Crippen LogP contribution in [-0.2, 0) is 40.3 Å². The first-order chi connectivity index (χ1) is 11.1. The molecule has 12 N–H and O–H groups in total. The molecule has 0 saturated carbocycles. The zero-order valence-corrected chi connectivity index (χ0v) is 17.1. The maximum atomic E-state index is 10.4. The smallest absolute Gasteiger partial charge is 0.303 e. The molecular weight excluding hydrogens is 522 g/mol. The minimum absolute atomic E-state index is 2.96. The molecule has 0 aliphatic rings. The van der Waals surface area contributed by atoms with Crippen LogP contribution in [0.5, 0.6) is 0 Å². The van der Waals surface area contributed by atoms with E-state index in [0.717, 1.165) is 0 Å². The number of phosphoric acid groups is 6. The van der Waals surface area contributed by atoms with Gasteiger partial charge in [-0.05, 0) is 0 Å². The Morgan fingerprint density at radius 1 is 0.370 bits per heavy atom. The largest absolute Gasteiger partial charge is 0.490 e. The molecule has 27 heteroatoms. The van der Waals surface area contributed by atoms with Crippen LogP contribution >= 0.6 is 46.9 Å². The van der Waals surface area contributed by atoms with Gasteiger partial charge in [0.1, 0.15) is 0 Å². The van der Waals surface area contributed by atoms with E-state index in [-0.39, 0.29) is 0 Å². The molecule has 0 aromatic rings. The summed E-state index contributed by atoms with van der Waals surface area (Å²) in [6.45, 7) is 0. The fourth-order valence-electron chi connectivity index (χ4n) is 0.422. The summed E-state index contributed by atoms with van der Waals surface area (Å²) in [6.07, 6.45) is 0. The fourth-order valence-corrected chi connectivity index (χ4v) is 4.07. The Balaban J connectivity index is -0.000000356. The van der Waals surface area contributed by atoms with Crippen molar-refractivity contribution in [3.8, 4) is 0 Å². The van der Waals surface area contributed by atoms with Crippen molar-refractivity contribution in [1.29, 1.82) is 0 Å². The van der Waals surface area contributed by atoms with Crippen molar-refractivity contribution in [3.63, 3.8) is 0 Å². The van der Waals surface area contributed by atoms with Crippen molar-refractivity contribution in [2.24, 2.45) is 0 Å². The highest BCUT2D eigenvalue weighted by atomic mass is 31.3. The maximum absolute atomic E-state index is 10.4. The van der Waals surface area contributed by atoms with E-state index in [4.69, 9.17) is 63.3 Å². The zero-order chi connectivity index (χ0) is 23.1. The molecule has 0 radical (unpaired) electrons. The maximum Gasteiger partial charge on any atom is 0.490 e. The monoisotopic (exact) mass is 534 g/mol. The van der Waals surface area contributed by atoms with Gasteiger partial charge < -0.3 is 58.7 Å². The van der Waals surface area contributed by atoms with E-state index < -0.39 is 46.9 Å². The van der Waals surface area contributed by atoms with Crippen LogP contribution in [0.2, 0.25) is 0 Å². The predicted octanol–water partition coefficient (Wildman–Crippen LogP) is -2.43. The van der Waals surface area contributed by atoms with Gasteiger partial charge in [0.05, 0.1) is 0 Å². The molecule has 0 aromatic carbocycles. The molecule has 0 spiro atoms. The number of hydrogen-bond donors (Lipinski definition) is 12. The first-order valence-corrected chi connectivity index (χ1v) is 13.8. The fraction of sp³-hybridized carbons (Fsp3) is 0. The third-order valence-corrected chi connectivity index (χ3v) is 5.69. The summed E-state index contributed by atoms with van der Waals surface area (Å²) in [4.78, 5) is 92.8. The van der Waals surface area contributed by atoms with Gasteiger partial charge >= 0.3 is 46.9 Å². The first-order valence-electron chi connectivity index (χ1n) is 4.59. The van der Waals surface area contributed by atoms with Gasteiger partial charge in [0.15, 0.2) is 0 Å². The highest BCUT2D eigenvalue weighted by Gasteiger charge is 2.38. The van der Waals surface area contributed by atoms with Gasteiger partial charge in [-0.15, -0.1) is 0 Å². The average Bonchev–Trinajstić information content (AvgIpc) is 1.96. The van der Waals surface area contributed by atoms with Crippen molar-refractivity contribution in [2.75, 3.05) is 0 Å². The molecule has 0 aliphatic carbocycles. The van der Waals surface area contributed by atoms with E-state index in [9.17, 15) is 22.8 Å². The highest BCUT2D eigenvalue weighted by molar-refractivity contribution is 7.66. The molecule has 27 heavy (non-hydrogen) atoms. The van der Waals surface area contributed by atoms with Crippen molar-refractivity contribution in [3.05, 3.63) is 0 Å². The third kappa shape index (κ3) is 46.6. The SMILES string of the molecule is O=P(O)(O)O.O=P(O)(O)OP(=O)(O)O.O=P(O)(O)OP(=O)(O)OP(=O)(O)O. The molecule has 0 aliphatic heterocycles. The number of hydrogen-bond acceptors (Lipinski definition) is 9. The van der Waals surface area contributed by atoms with Crippen molar-refractivity contribution < 1.29 is 99.0 Å². The molecule has 0 bridgehead atoms. The van der Waals surface area contributed by atoms with Gasteiger partial charge in [0.25, 0.3) is 0 Å². The van der Waals surface area contributed by atoms with Gasteiger partial charge in [-0.3, -0.25) is 0 Å². The van der Waals surface area contributed by atoms with Crippen LogP contribution in [0.4, 0.5) is 0 Å². The topological polar surface area (TPSA) is 373 Å². The van der Waals surface area contributed by atoms with E-state index in [2.05, 4.69) is 12.9 Å². The Morgan fingerprint density at radius 2 is 0.519 bits per heavy atom. The van der Waals surface area contributed by atoms with Crippen LogP contribution in [0.3, 0.4) is 0 Å². The minimum atomic E-state index is -5.46. The minimum Gasteiger partial charge on any atom is -0.303 e. The normalized spacial score (nSPS) is 13.8. The summed E-state index contributed by atoms with van der Waals surface area (Å²) in [5, 5.41) is 0. The highest BCUT2D eigenvalue weighted by Crippen LogP contribution is 2.64. The Labute approximate surface area is 147 Å². The molecule has 21 nitrogen and oxygen atoms in total. The lowest BCUT2D eigenvalue weighted by Crippen LogP contribution is -1.91. The van der Waals surface area contributed by atoms with Crippen molar-refractivity contribution in [2.45, 2.75) is 0 Å². The molecule has 0 atom stereocenters. The van der Waals surface area contributed by atoms with E-state index in [1.54, 1.807) is 0 Å². The lowest BCUT2D eigenvalue weighted by molar-refractivity contribution is 0.203. The van der Waals surface area contributed by atoms with Crippen LogP contribution in [0.1, 0.15) is 0 Å². The Bertz CT molecular complexity index is 652. The van der Waals surface area contributed by atoms with E-state index in [0.29, 0.717) is 0 Å². The molecule has 0 fully saturated rings. The molecule has 0 aromatic heterocycles. The number of rotatable bonds is 6. The van der Waals surface area contributed by atoms with Gasteiger partial charge in [0, 0.05) is 0 Å². The van der Waals surface area contributed by atoms with E-state index in [1.165, 1.54) is 0 Å². The second-order valence-corrected chi connectivity index (χ2v) is 11.0. The summed E-state index contributed by atoms with van der Waals surface area (Å²) in [7, 11) is -30.9. The predicted molar refractivity (Wildman–Crippen MR) is 75.5 cm³/mol. The summed E-state index contributed by atoms with van der Waals surface area (Å²) in [6, 6.07) is 0. The third-order valence-electron chi connectivity index (χ3n) is 0.632. The lowest BCUT2D eigenvalue weighted by atomic mass is 15.7. The first kappa shape index (κ1) is 32.4. The zero-order valence-electron chi connectivity index (χ0n) is 11.7. The van der Waals surface area contributed by atoms with Gasteiger partial charge in [-0.2, -0.15) is 12.9 Å². The van der Waals surface area contributed by atoms with Crippen LogP contribution in [0.25, 0.3) is 0 Å².